The first kappa shape index (κ1) is 18.7. The molecule has 8 heteroatoms. The van der Waals surface area contributed by atoms with E-state index in [-0.39, 0.29) is 21.8 Å². The largest absolute Gasteiger partial charge is 0.292 e. The van der Waals surface area contributed by atoms with Crippen molar-refractivity contribution in [3.63, 3.8) is 0 Å². The average Bonchev–Trinajstić information content (AvgIpc) is 2.66. The molecule has 0 atom stereocenters. The third-order valence-corrected chi connectivity index (χ3v) is 4.21. The van der Waals surface area contributed by atoms with Crippen molar-refractivity contribution in [2.75, 3.05) is 0 Å². The van der Waals surface area contributed by atoms with Crippen molar-refractivity contribution < 1.29 is 9.18 Å². The summed E-state index contributed by atoms with van der Waals surface area (Å²) < 4.78 is 15.0. The lowest BCUT2D eigenvalue weighted by atomic mass is 10.1. The highest BCUT2D eigenvalue weighted by molar-refractivity contribution is 6.33. The summed E-state index contributed by atoms with van der Waals surface area (Å²) >= 11 is 5.92. The Morgan fingerprint density at radius 1 is 1.26 bits per heavy atom. The van der Waals surface area contributed by atoms with Crippen LogP contribution in [0.3, 0.4) is 0 Å². The number of carbonyl (C=O) groups is 1. The number of carbonyl (C=O) groups excluding carboxylic acids is 1. The Balaban J connectivity index is 1.95. The average molecular weight is 387 g/mol. The van der Waals surface area contributed by atoms with Gasteiger partial charge in [-0.2, -0.15) is 10.2 Å². The molecule has 1 aromatic heterocycles. The van der Waals surface area contributed by atoms with E-state index in [1.54, 1.807) is 24.3 Å². The summed E-state index contributed by atoms with van der Waals surface area (Å²) in [4.78, 5) is 25.0. The molecule has 0 aliphatic heterocycles. The van der Waals surface area contributed by atoms with E-state index >= 15 is 0 Å². The molecule has 1 N–H and O–H groups in total. The van der Waals surface area contributed by atoms with E-state index in [9.17, 15) is 14.0 Å². The molecular weight excluding hydrogens is 371 g/mol. The number of hydrazone groups is 1. The van der Waals surface area contributed by atoms with Crippen molar-refractivity contribution in [3.05, 3.63) is 74.9 Å². The number of hydrogen-bond acceptors (Lipinski definition) is 4. The van der Waals surface area contributed by atoms with Crippen LogP contribution < -0.4 is 11.0 Å². The molecule has 0 aliphatic carbocycles. The van der Waals surface area contributed by atoms with Crippen LogP contribution in [0.5, 0.6) is 0 Å². The molecule has 0 radical (unpaired) electrons. The zero-order valence-electron chi connectivity index (χ0n) is 14.4. The molecule has 0 fully saturated rings. The number of hydrogen-bond donors (Lipinski definition) is 1. The molecule has 3 rings (SSSR count). The maximum Gasteiger partial charge on any atom is 0.292 e. The number of rotatable bonds is 5. The van der Waals surface area contributed by atoms with Gasteiger partial charge in [0.05, 0.1) is 16.6 Å². The lowest BCUT2D eigenvalue weighted by Crippen LogP contribution is -2.29. The molecule has 1 heterocycles. The summed E-state index contributed by atoms with van der Waals surface area (Å²) in [6.07, 6.45) is 1.82. The minimum atomic E-state index is -0.611. The van der Waals surface area contributed by atoms with Gasteiger partial charge in [0.1, 0.15) is 5.82 Å². The number of benzene rings is 2. The van der Waals surface area contributed by atoms with Gasteiger partial charge in [0.25, 0.3) is 11.5 Å². The second kappa shape index (κ2) is 8.09. The first-order valence-corrected chi connectivity index (χ1v) is 8.68. The Morgan fingerprint density at radius 2 is 2.00 bits per heavy atom. The summed E-state index contributed by atoms with van der Waals surface area (Å²) in [5.41, 5.74) is 2.18. The Hall–Kier alpha value is -3.06. The minimum Gasteiger partial charge on any atom is -0.267 e. The topological polar surface area (TPSA) is 76.3 Å². The second-order valence-corrected chi connectivity index (χ2v) is 6.16. The van der Waals surface area contributed by atoms with Crippen LogP contribution >= 0.6 is 11.6 Å². The maximum atomic E-state index is 13.7. The predicted molar refractivity (Wildman–Crippen MR) is 103 cm³/mol. The van der Waals surface area contributed by atoms with E-state index in [0.717, 1.165) is 6.21 Å². The summed E-state index contributed by atoms with van der Waals surface area (Å²) in [7, 11) is 0. The van der Waals surface area contributed by atoms with E-state index in [0.29, 0.717) is 23.7 Å². The van der Waals surface area contributed by atoms with Crippen molar-refractivity contribution in [3.8, 4) is 0 Å². The molecule has 1 amide bonds. The summed E-state index contributed by atoms with van der Waals surface area (Å²) in [5.74, 6) is -1.17. The SMILES string of the molecule is CCCn1nc(C(=O)N/N=C/c2c(F)cccc2Cl)c2ccccc2c1=O. The van der Waals surface area contributed by atoms with E-state index in [1.165, 1.54) is 22.9 Å². The number of amides is 1. The standard InChI is InChI=1S/C19H16ClFN4O2/c1-2-10-25-19(27)13-7-4-3-6-12(13)17(24-25)18(26)23-22-11-14-15(20)8-5-9-16(14)21/h3-9,11H,2,10H2,1H3,(H,23,26)/b22-11+. The Bertz CT molecular complexity index is 1070. The maximum absolute atomic E-state index is 13.7. The van der Waals surface area contributed by atoms with Gasteiger partial charge in [0.2, 0.25) is 0 Å². The monoisotopic (exact) mass is 386 g/mol. The quantitative estimate of drug-likeness (QED) is 0.539. The zero-order chi connectivity index (χ0) is 19.4. The van der Waals surface area contributed by atoms with E-state index in [4.69, 9.17) is 11.6 Å². The molecular formula is C19H16ClFN4O2. The van der Waals surface area contributed by atoms with Crippen molar-refractivity contribution >= 4 is 34.5 Å². The van der Waals surface area contributed by atoms with Crippen LogP contribution in [-0.2, 0) is 6.54 Å². The Morgan fingerprint density at radius 3 is 2.70 bits per heavy atom. The van der Waals surface area contributed by atoms with Crippen LogP contribution in [-0.4, -0.2) is 21.9 Å². The third kappa shape index (κ3) is 3.88. The fourth-order valence-corrected chi connectivity index (χ4v) is 2.82. The second-order valence-electron chi connectivity index (χ2n) is 5.76. The van der Waals surface area contributed by atoms with Crippen LogP contribution in [0.4, 0.5) is 4.39 Å². The number of nitrogens with zero attached hydrogens (tertiary/aromatic N) is 3. The highest BCUT2D eigenvalue weighted by atomic mass is 35.5. The molecule has 27 heavy (non-hydrogen) atoms. The molecule has 0 spiro atoms. The van der Waals surface area contributed by atoms with Gasteiger partial charge in [-0.15, -0.1) is 0 Å². The first-order chi connectivity index (χ1) is 13.0. The van der Waals surface area contributed by atoms with Crippen LogP contribution in [0.15, 0.2) is 52.4 Å². The van der Waals surface area contributed by atoms with Crippen molar-refractivity contribution in [1.82, 2.24) is 15.2 Å². The number of aryl methyl sites for hydroxylation is 1. The normalized spacial score (nSPS) is 11.2. The van der Waals surface area contributed by atoms with Gasteiger partial charge in [-0.05, 0) is 24.6 Å². The van der Waals surface area contributed by atoms with Crippen molar-refractivity contribution in [1.29, 1.82) is 0 Å². The van der Waals surface area contributed by atoms with Gasteiger partial charge in [-0.25, -0.2) is 14.5 Å². The molecule has 0 aliphatic rings. The summed E-state index contributed by atoms with van der Waals surface area (Å²) in [6.45, 7) is 2.30. The molecule has 6 nitrogen and oxygen atoms in total. The lowest BCUT2D eigenvalue weighted by molar-refractivity contribution is 0.0949. The van der Waals surface area contributed by atoms with Crippen molar-refractivity contribution in [2.45, 2.75) is 19.9 Å². The smallest absolute Gasteiger partial charge is 0.267 e. The zero-order valence-corrected chi connectivity index (χ0v) is 15.2. The molecule has 0 saturated carbocycles. The number of aromatic nitrogens is 2. The molecule has 2 aromatic carbocycles. The highest BCUT2D eigenvalue weighted by Gasteiger charge is 2.16. The molecule has 0 unspecified atom stereocenters. The Kier molecular flexibility index (Phi) is 5.61. The van der Waals surface area contributed by atoms with Crippen molar-refractivity contribution in [2.24, 2.45) is 5.10 Å². The van der Waals surface area contributed by atoms with Gasteiger partial charge >= 0.3 is 0 Å². The number of halogens is 2. The fraction of sp³-hybridized carbons (Fsp3) is 0.158. The van der Waals surface area contributed by atoms with Gasteiger partial charge < -0.3 is 0 Å². The molecule has 0 saturated heterocycles. The third-order valence-electron chi connectivity index (χ3n) is 3.88. The van der Waals surface area contributed by atoms with Crippen LogP contribution in [0.1, 0.15) is 29.4 Å². The summed E-state index contributed by atoms with van der Waals surface area (Å²) in [5, 5.41) is 8.93. The first-order valence-electron chi connectivity index (χ1n) is 8.30. The van der Waals surface area contributed by atoms with Crippen LogP contribution in [0.25, 0.3) is 10.8 Å². The summed E-state index contributed by atoms with van der Waals surface area (Å²) in [6, 6.07) is 11.0. The highest BCUT2D eigenvalue weighted by Crippen LogP contribution is 2.17. The minimum absolute atomic E-state index is 0.0632. The fourth-order valence-electron chi connectivity index (χ4n) is 2.61. The van der Waals surface area contributed by atoms with Gasteiger partial charge in [0.15, 0.2) is 5.69 Å². The van der Waals surface area contributed by atoms with Gasteiger partial charge in [0, 0.05) is 17.5 Å². The van der Waals surface area contributed by atoms with E-state index in [2.05, 4.69) is 15.6 Å². The van der Waals surface area contributed by atoms with Crippen LogP contribution in [0.2, 0.25) is 5.02 Å². The van der Waals surface area contributed by atoms with Gasteiger partial charge in [-0.3, -0.25) is 9.59 Å². The molecule has 3 aromatic rings. The van der Waals surface area contributed by atoms with E-state index < -0.39 is 11.7 Å². The molecule has 0 bridgehead atoms. The lowest BCUT2D eigenvalue weighted by Gasteiger charge is -2.09. The molecule has 138 valence electrons. The van der Waals surface area contributed by atoms with Crippen LogP contribution in [0, 0.1) is 5.82 Å². The number of fused-ring (bicyclic) bond motifs is 1. The number of nitrogens with one attached hydrogen (secondary N) is 1. The Labute approximate surface area is 159 Å². The predicted octanol–water partition coefficient (Wildman–Crippen LogP) is 3.36. The van der Waals surface area contributed by atoms with E-state index in [1.807, 2.05) is 6.92 Å². The van der Waals surface area contributed by atoms with Gasteiger partial charge in [-0.1, -0.05) is 42.8 Å².